The predicted octanol–water partition coefficient (Wildman–Crippen LogP) is 22.9. The molecule has 0 saturated heterocycles. The van der Waals surface area contributed by atoms with Crippen molar-refractivity contribution < 1.29 is 0 Å². The molecular formula is C88H110BN3. The van der Waals surface area contributed by atoms with E-state index in [4.69, 9.17) is 0 Å². The molecule has 2 unspecified atom stereocenters. The van der Waals surface area contributed by atoms with Gasteiger partial charge in [0.05, 0.1) is 5.54 Å². The van der Waals surface area contributed by atoms with Crippen LogP contribution in [0, 0.1) is 13.8 Å². The highest BCUT2D eigenvalue weighted by Crippen LogP contribution is 2.68. The topological polar surface area (TPSA) is 9.72 Å². The van der Waals surface area contributed by atoms with Crippen LogP contribution in [0.15, 0.2) is 96.1 Å². The Morgan fingerprint density at radius 2 is 0.761 bits per heavy atom. The van der Waals surface area contributed by atoms with Gasteiger partial charge in [0, 0.05) is 67.3 Å². The SMILES string of the molecule is Cc1cc(C)c2c(c1)N(c1cc3c4c(c1)N(c1ccc5c(c1)C(C)(C)CCC5(C)C)C1=C(B4C4=C(c5cc6c(cc5C4(C)C)C(C)(C)CCC6(C)C)N3c3ccc4c(c3)C(C)(C)CCC4(C)C)c3cc4c(cc3C1(C)C)C(C)(C)CCC4(C)C)C1(C)CCCCC21C. The van der Waals surface area contributed by atoms with Gasteiger partial charge in [0.15, 0.2) is 0 Å². The lowest BCUT2D eigenvalue weighted by molar-refractivity contribution is 0.194. The summed E-state index contributed by atoms with van der Waals surface area (Å²) < 4.78 is 0. The van der Waals surface area contributed by atoms with Crippen LogP contribution in [0.4, 0.5) is 34.1 Å². The van der Waals surface area contributed by atoms with Crippen molar-refractivity contribution in [2.75, 3.05) is 14.7 Å². The quantitative estimate of drug-likeness (QED) is 0.164. The molecule has 92 heavy (non-hydrogen) atoms. The van der Waals surface area contributed by atoms with E-state index in [9.17, 15) is 0 Å². The summed E-state index contributed by atoms with van der Waals surface area (Å²) in [5.41, 5.74) is 37.7. The zero-order valence-corrected chi connectivity index (χ0v) is 61.5. The van der Waals surface area contributed by atoms with Gasteiger partial charge in [-0.1, -0.05) is 200 Å². The van der Waals surface area contributed by atoms with Gasteiger partial charge in [0.2, 0.25) is 6.71 Å². The van der Waals surface area contributed by atoms with E-state index in [0.29, 0.717) is 0 Å². The van der Waals surface area contributed by atoms with E-state index in [0.717, 1.165) is 6.42 Å². The second kappa shape index (κ2) is 18.2. The van der Waals surface area contributed by atoms with Crippen LogP contribution in [0.25, 0.3) is 11.2 Å². The van der Waals surface area contributed by atoms with E-state index in [2.05, 4.69) is 266 Å². The Balaban J connectivity index is 1.11. The first-order valence-corrected chi connectivity index (χ1v) is 36.5. The van der Waals surface area contributed by atoms with E-state index < -0.39 is 0 Å². The lowest BCUT2D eigenvalue weighted by Gasteiger charge is -2.52. The largest absolute Gasteiger partial charge is 0.334 e. The Bertz CT molecular complexity index is 4380. The molecule has 0 aromatic heterocycles. The number of rotatable bonds is 3. The Hall–Kier alpha value is -5.74. The molecule has 3 aliphatic heterocycles. The maximum Gasteiger partial charge on any atom is 0.249 e. The molecule has 1 fully saturated rings. The third kappa shape index (κ3) is 7.77. The average molecular weight is 1220 g/mol. The number of anilines is 6. The molecule has 0 N–H and O–H groups in total. The molecule has 0 bridgehead atoms. The molecule has 7 aliphatic carbocycles. The first-order valence-electron chi connectivity index (χ1n) is 36.5. The number of aryl methyl sites for hydroxylation is 2. The number of benzene rings is 6. The van der Waals surface area contributed by atoms with Gasteiger partial charge < -0.3 is 14.7 Å². The van der Waals surface area contributed by atoms with Crippen molar-refractivity contribution in [3.05, 3.63) is 180 Å². The maximum absolute atomic E-state index is 2.95. The van der Waals surface area contributed by atoms with Crippen molar-refractivity contribution in [1.82, 2.24) is 0 Å². The van der Waals surface area contributed by atoms with Crippen LogP contribution in [-0.4, -0.2) is 12.3 Å². The van der Waals surface area contributed by atoms with Gasteiger partial charge in [0.1, 0.15) is 0 Å². The Labute approximate surface area is 556 Å². The first kappa shape index (κ1) is 61.2. The highest BCUT2D eigenvalue weighted by molar-refractivity contribution is 6.99. The summed E-state index contributed by atoms with van der Waals surface area (Å²) in [6.07, 6.45) is 14.3. The van der Waals surface area contributed by atoms with E-state index in [1.165, 1.54) is 177 Å². The molecule has 1 saturated carbocycles. The molecule has 4 heteroatoms. The standard InChI is InChI=1S/C88H110BN3/c1-51-41-52(2)71-68(42-51)92(88(24)32-26-25-31-87(71,88)23)55-45-69-73-70(46-55)91(54-28-30-59-63(44-54)80(9,10)36-34-78(59,5)6)76-72(56-47-64-66(49-60(56)86(76,21)22)83(15,16)39-37-81(64,11)12)89(73)75-74(90(69)53-27-29-58-62(43-53)79(7,8)35-33-77(58,3)4)57-48-65-67(50-61(57)85(75,19)20)84(17,18)40-38-82(65,13)14/h27-30,41-50H,25-26,31-40H2,1-24H3. The number of allylic oxidation sites excluding steroid dienone is 2. The van der Waals surface area contributed by atoms with Crippen molar-refractivity contribution in [3.63, 3.8) is 0 Å². The Morgan fingerprint density at radius 1 is 0.348 bits per heavy atom. The van der Waals surface area contributed by atoms with Crippen LogP contribution in [0.1, 0.15) is 313 Å². The van der Waals surface area contributed by atoms with Crippen molar-refractivity contribution >= 4 is 57.5 Å². The van der Waals surface area contributed by atoms with Gasteiger partial charge in [-0.2, -0.15) is 0 Å². The van der Waals surface area contributed by atoms with Crippen molar-refractivity contribution in [2.45, 2.75) is 308 Å². The molecule has 0 amide bonds. The van der Waals surface area contributed by atoms with E-state index >= 15 is 0 Å². The second-order valence-electron chi connectivity index (χ2n) is 38.8. The molecule has 0 radical (unpaired) electrons. The molecule has 0 spiro atoms. The fourth-order valence-corrected chi connectivity index (χ4v) is 22.1. The average Bonchev–Trinajstić information content (AvgIpc) is 1.45. The number of nitrogens with zero attached hydrogens (tertiary/aromatic N) is 3. The molecule has 6 aromatic rings. The Morgan fingerprint density at radius 3 is 1.26 bits per heavy atom. The van der Waals surface area contributed by atoms with Crippen molar-refractivity contribution in [1.29, 1.82) is 0 Å². The molecule has 10 aliphatic rings. The molecule has 2 atom stereocenters. The summed E-state index contributed by atoms with van der Waals surface area (Å²) >= 11 is 0. The van der Waals surface area contributed by atoms with Crippen LogP contribution >= 0.6 is 0 Å². The summed E-state index contributed by atoms with van der Waals surface area (Å²) in [7, 11) is 0. The smallest absolute Gasteiger partial charge is 0.249 e. The minimum atomic E-state index is -0.365. The number of hydrogen-bond donors (Lipinski definition) is 0. The van der Waals surface area contributed by atoms with Crippen LogP contribution in [0.5, 0.6) is 0 Å². The number of hydrogen-bond acceptors (Lipinski definition) is 3. The first-order chi connectivity index (χ1) is 42.6. The van der Waals surface area contributed by atoms with Gasteiger partial charge >= 0.3 is 0 Å². The zero-order chi connectivity index (χ0) is 65.7. The summed E-state index contributed by atoms with van der Waals surface area (Å²) in [6, 6.07) is 37.6. The van der Waals surface area contributed by atoms with E-state index in [1.807, 2.05) is 0 Å². The fourth-order valence-electron chi connectivity index (χ4n) is 22.1. The predicted molar refractivity (Wildman–Crippen MR) is 395 cm³/mol. The summed E-state index contributed by atoms with van der Waals surface area (Å²) in [5.74, 6) is 0. The van der Waals surface area contributed by atoms with Crippen LogP contribution in [-0.2, 0) is 59.6 Å². The molecule has 3 nitrogen and oxygen atoms in total. The van der Waals surface area contributed by atoms with Gasteiger partial charge in [-0.15, -0.1) is 0 Å². The summed E-state index contributed by atoms with van der Waals surface area (Å²) in [5, 5.41) is 0. The number of fused-ring (bicyclic) bond motifs is 13. The van der Waals surface area contributed by atoms with Crippen molar-refractivity contribution in [2.24, 2.45) is 0 Å². The van der Waals surface area contributed by atoms with Gasteiger partial charge in [-0.05, 0) is 266 Å². The maximum atomic E-state index is 2.95. The summed E-state index contributed by atoms with van der Waals surface area (Å²) in [6.45, 7) is 61.3. The zero-order valence-electron chi connectivity index (χ0n) is 61.5. The van der Waals surface area contributed by atoms with Crippen molar-refractivity contribution in [3.8, 4) is 0 Å². The highest BCUT2D eigenvalue weighted by atomic mass is 15.3. The highest BCUT2D eigenvalue weighted by Gasteiger charge is 2.62. The minimum absolute atomic E-state index is 0.0140. The fraction of sp³-hybridized carbons (Fsp3) is 0.545. The third-order valence-electron chi connectivity index (χ3n) is 28.5. The van der Waals surface area contributed by atoms with Gasteiger partial charge in [-0.25, -0.2) is 0 Å². The molecular weight excluding hydrogens is 1110 g/mol. The van der Waals surface area contributed by atoms with Crippen LogP contribution in [0.2, 0.25) is 0 Å². The minimum Gasteiger partial charge on any atom is -0.334 e. The van der Waals surface area contributed by atoms with Gasteiger partial charge in [-0.3, -0.25) is 0 Å². The lowest BCUT2D eigenvalue weighted by atomic mass is 9.29. The van der Waals surface area contributed by atoms with Crippen LogP contribution < -0.4 is 20.2 Å². The molecule has 16 rings (SSSR count). The monoisotopic (exact) mass is 1220 g/mol. The molecule has 3 heterocycles. The third-order valence-corrected chi connectivity index (χ3v) is 28.5. The van der Waals surface area contributed by atoms with Gasteiger partial charge in [0.25, 0.3) is 0 Å². The molecule has 6 aromatic carbocycles. The Kier molecular flexibility index (Phi) is 12.1. The summed E-state index contributed by atoms with van der Waals surface area (Å²) in [4.78, 5) is 8.81. The second-order valence-corrected chi connectivity index (χ2v) is 38.8. The van der Waals surface area contributed by atoms with Crippen LogP contribution in [0.3, 0.4) is 0 Å². The normalized spacial score (nSPS) is 27.2. The molecule has 480 valence electrons. The van der Waals surface area contributed by atoms with E-state index in [-0.39, 0.29) is 71.8 Å². The van der Waals surface area contributed by atoms with E-state index in [1.54, 1.807) is 38.8 Å². The lowest BCUT2D eigenvalue weighted by Crippen LogP contribution is -2.55.